The number of likely N-dealkylation sites (tertiary alicyclic amines) is 1. The molecule has 2 nitrogen and oxygen atoms in total. The van der Waals surface area contributed by atoms with Gasteiger partial charge in [-0.3, -0.25) is 0 Å². The molecule has 2 rings (SSSR count). The van der Waals surface area contributed by atoms with Gasteiger partial charge in [0.25, 0.3) is 0 Å². The van der Waals surface area contributed by atoms with Crippen molar-refractivity contribution in [1.82, 2.24) is 10.2 Å². The summed E-state index contributed by atoms with van der Waals surface area (Å²) in [5.74, 6) is 0.802. The van der Waals surface area contributed by atoms with Crippen LogP contribution >= 0.6 is 11.3 Å². The number of rotatable bonds is 4. The normalized spacial score (nSPS) is 25.7. The minimum absolute atomic E-state index is 0.484. The molecule has 1 saturated heterocycles. The zero-order valence-electron chi connectivity index (χ0n) is 11.1. The quantitative estimate of drug-likeness (QED) is 0.885. The van der Waals surface area contributed by atoms with Crippen LogP contribution in [0.2, 0.25) is 0 Å². The minimum atomic E-state index is 0.484. The molecule has 0 spiro atoms. The van der Waals surface area contributed by atoms with Crippen molar-refractivity contribution in [3.63, 3.8) is 0 Å². The molecule has 3 atom stereocenters. The van der Waals surface area contributed by atoms with E-state index in [4.69, 9.17) is 0 Å². The van der Waals surface area contributed by atoms with Crippen LogP contribution in [0.1, 0.15) is 37.6 Å². The van der Waals surface area contributed by atoms with Gasteiger partial charge in [-0.1, -0.05) is 6.07 Å². The predicted molar refractivity (Wildman–Crippen MR) is 75.6 cm³/mol. The monoisotopic (exact) mass is 252 g/mol. The van der Waals surface area contributed by atoms with Gasteiger partial charge >= 0.3 is 0 Å². The highest BCUT2D eigenvalue weighted by molar-refractivity contribution is 7.10. The fourth-order valence-electron chi connectivity index (χ4n) is 2.76. The third kappa shape index (κ3) is 3.54. The summed E-state index contributed by atoms with van der Waals surface area (Å²) in [5, 5.41) is 5.92. The summed E-state index contributed by atoms with van der Waals surface area (Å²) in [6.45, 7) is 7.12. The molecule has 1 fully saturated rings. The maximum Gasteiger partial charge on any atom is 0.0388 e. The highest BCUT2D eigenvalue weighted by Crippen LogP contribution is 2.23. The van der Waals surface area contributed by atoms with Gasteiger partial charge in [-0.25, -0.2) is 0 Å². The van der Waals surface area contributed by atoms with E-state index in [0.717, 1.165) is 5.92 Å². The molecule has 1 aliphatic heterocycles. The van der Waals surface area contributed by atoms with Crippen molar-refractivity contribution >= 4 is 11.3 Å². The van der Waals surface area contributed by atoms with E-state index in [0.29, 0.717) is 12.1 Å². The van der Waals surface area contributed by atoms with Crippen LogP contribution in [-0.4, -0.2) is 31.1 Å². The molecule has 3 heteroatoms. The van der Waals surface area contributed by atoms with E-state index >= 15 is 0 Å². The molecule has 0 bridgehead atoms. The van der Waals surface area contributed by atoms with E-state index in [1.165, 1.54) is 30.8 Å². The Morgan fingerprint density at radius 3 is 2.94 bits per heavy atom. The zero-order chi connectivity index (χ0) is 12.3. The zero-order valence-corrected chi connectivity index (χ0v) is 12.0. The van der Waals surface area contributed by atoms with E-state index in [2.05, 4.69) is 48.6 Å². The van der Waals surface area contributed by atoms with Crippen LogP contribution in [0.4, 0.5) is 0 Å². The Balaban J connectivity index is 1.85. The maximum absolute atomic E-state index is 3.76. The van der Waals surface area contributed by atoms with Gasteiger partial charge in [0.2, 0.25) is 0 Å². The average Bonchev–Trinajstić information content (AvgIpc) is 2.82. The van der Waals surface area contributed by atoms with Gasteiger partial charge in [0, 0.05) is 23.5 Å². The molecule has 0 aromatic carbocycles. The number of thiophene rings is 1. The molecular weight excluding hydrogens is 228 g/mol. The van der Waals surface area contributed by atoms with Crippen molar-refractivity contribution in [2.24, 2.45) is 5.92 Å². The van der Waals surface area contributed by atoms with E-state index in [9.17, 15) is 0 Å². The molecule has 0 radical (unpaired) electrons. The third-order valence-corrected chi connectivity index (χ3v) is 4.91. The van der Waals surface area contributed by atoms with Crippen LogP contribution in [0.3, 0.4) is 0 Å². The molecule has 1 aromatic rings. The van der Waals surface area contributed by atoms with Crippen molar-refractivity contribution in [3.8, 4) is 0 Å². The summed E-state index contributed by atoms with van der Waals surface area (Å²) in [6, 6.07) is 5.45. The van der Waals surface area contributed by atoms with Crippen molar-refractivity contribution in [2.45, 2.75) is 38.8 Å². The summed E-state index contributed by atoms with van der Waals surface area (Å²) in [7, 11) is 2.24. The lowest BCUT2D eigenvalue weighted by Crippen LogP contribution is -2.43. The lowest BCUT2D eigenvalue weighted by Gasteiger charge is -2.35. The summed E-state index contributed by atoms with van der Waals surface area (Å²) in [4.78, 5) is 3.91. The molecule has 0 amide bonds. The van der Waals surface area contributed by atoms with Crippen LogP contribution in [0, 0.1) is 5.92 Å². The SMILES string of the molecule is CC(N[C@@H](C)c1cccs1)C1CCCN(C)C1. The lowest BCUT2D eigenvalue weighted by atomic mass is 9.91. The summed E-state index contributed by atoms with van der Waals surface area (Å²) in [6.07, 6.45) is 2.72. The van der Waals surface area contributed by atoms with E-state index in [1.54, 1.807) is 0 Å². The fourth-order valence-corrected chi connectivity index (χ4v) is 3.51. The standard InChI is InChI=1S/C14H24N2S/c1-11(13-6-4-8-16(3)10-13)15-12(2)14-7-5-9-17-14/h5,7,9,11-13,15H,4,6,8,10H2,1-3H3/t11?,12-,13?/m0/s1. The van der Waals surface area contributed by atoms with Crippen molar-refractivity contribution < 1.29 is 0 Å². The van der Waals surface area contributed by atoms with E-state index in [1.807, 2.05) is 11.3 Å². The summed E-state index contributed by atoms with van der Waals surface area (Å²) >= 11 is 1.85. The fraction of sp³-hybridized carbons (Fsp3) is 0.714. The Morgan fingerprint density at radius 2 is 2.29 bits per heavy atom. The molecule has 2 unspecified atom stereocenters. The smallest absolute Gasteiger partial charge is 0.0388 e. The van der Waals surface area contributed by atoms with Gasteiger partial charge in [-0.15, -0.1) is 11.3 Å². The first-order valence-corrected chi connectivity index (χ1v) is 7.53. The lowest BCUT2D eigenvalue weighted by molar-refractivity contribution is 0.174. The molecule has 0 aliphatic carbocycles. The van der Waals surface area contributed by atoms with Gasteiger partial charge in [-0.2, -0.15) is 0 Å². The van der Waals surface area contributed by atoms with Crippen LogP contribution in [0.25, 0.3) is 0 Å². The first kappa shape index (κ1) is 13.1. The van der Waals surface area contributed by atoms with Crippen LogP contribution in [-0.2, 0) is 0 Å². The second-order valence-corrected chi connectivity index (χ2v) is 6.34. The number of nitrogens with zero attached hydrogens (tertiary/aromatic N) is 1. The molecule has 1 aromatic heterocycles. The average molecular weight is 252 g/mol. The Hall–Kier alpha value is -0.380. The first-order chi connectivity index (χ1) is 8.16. The topological polar surface area (TPSA) is 15.3 Å². The molecule has 0 saturated carbocycles. The van der Waals surface area contributed by atoms with Gasteiger partial charge in [-0.05, 0) is 57.6 Å². The van der Waals surface area contributed by atoms with E-state index in [-0.39, 0.29) is 0 Å². The van der Waals surface area contributed by atoms with Crippen molar-refractivity contribution in [1.29, 1.82) is 0 Å². The summed E-state index contributed by atoms with van der Waals surface area (Å²) < 4.78 is 0. The van der Waals surface area contributed by atoms with Gasteiger partial charge in [0.05, 0.1) is 0 Å². The molecule has 1 N–H and O–H groups in total. The van der Waals surface area contributed by atoms with Crippen LogP contribution < -0.4 is 5.32 Å². The largest absolute Gasteiger partial charge is 0.307 e. The van der Waals surface area contributed by atoms with Gasteiger partial charge < -0.3 is 10.2 Å². The molecule has 1 aliphatic rings. The highest BCUT2D eigenvalue weighted by atomic mass is 32.1. The number of hydrogen-bond acceptors (Lipinski definition) is 3. The molecule has 96 valence electrons. The van der Waals surface area contributed by atoms with Crippen LogP contribution in [0.15, 0.2) is 17.5 Å². The third-order valence-electron chi connectivity index (χ3n) is 3.85. The second-order valence-electron chi connectivity index (χ2n) is 5.36. The number of hydrogen-bond donors (Lipinski definition) is 1. The Kier molecular flexibility index (Phi) is 4.60. The Morgan fingerprint density at radius 1 is 1.47 bits per heavy atom. The van der Waals surface area contributed by atoms with E-state index < -0.39 is 0 Å². The number of nitrogens with one attached hydrogen (secondary N) is 1. The highest BCUT2D eigenvalue weighted by Gasteiger charge is 2.23. The Labute approximate surface area is 109 Å². The Bertz CT molecular complexity index is 323. The molecule has 2 heterocycles. The van der Waals surface area contributed by atoms with Crippen molar-refractivity contribution in [2.75, 3.05) is 20.1 Å². The number of piperidine rings is 1. The predicted octanol–water partition coefficient (Wildman–Crippen LogP) is 3.13. The maximum atomic E-state index is 3.76. The molecule has 17 heavy (non-hydrogen) atoms. The van der Waals surface area contributed by atoms with Crippen molar-refractivity contribution in [3.05, 3.63) is 22.4 Å². The van der Waals surface area contributed by atoms with Gasteiger partial charge in [0.1, 0.15) is 0 Å². The summed E-state index contributed by atoms with van der Waals surface area (Å²) in [5.41, 5.74) is 0. The second kappa shape index (κ2) is 5.98. The van der Waals surface area contributed by atoms with Crippen LogP contribution in [0.5, 0.6) is 0 Å². The first-order valence-electron chi connectivity index (χ1n) is 6.65. The van der Waals surface area contributed by atoms with Gasteiger partial charge in [0.15, 0.2) is 0 Å². The minimum Gasteiger partial charge on any atom is -0.307 e. The molecular formula is C14H24N2S.